The van der Waals surface area contributed by atoms with Crippen LogP contribution in [0.2, 0.25) is 5.02 Å². The average molecular weight is 320 g/mol. The van der Waals surface area contributed by atoms with E-state index in [1.807, 2.05) is 0 Å². The lowest BCUT2D eigenvalue weighted by Crippen LogP contribution is -2.28. The van der Waals surface area contributed by atoms with Crippen LogP contribution in [0.5, 0.6) is 11.5 Å². The molecule has 1 heterocycles. The van der Waals surface area contributed by atoms with Crippen molar-refractivity contribution in [1.29, 1.82) is 0 Å². The van der Waals surface area contributed by atoms with Crippen molar-refractivity contribution in [3.63, 3.8) is 0 Å². The number of hydrogen-bond donors (Lipinski definition) is 2. The van der Waals surface area contributed by atoms with Gasteiger partial charge in [-0.2, -0.15) is 0 Å². The quantitative estimate of drug-likeness (QED) is 0.900. The Labute approximate surface area is 134 Å². The van der Waals surface area contributed by atoms with Gasteiger partial charge in [0.1, 0.15) is 12.1 Å². The van der Waals surface area contributed by atoms with E-state index in [1.54, 1.807) is 30.5 Å². The molecule has 1 saturated carbocycles. The van der Waals surface area contributed by atoms with E-state index in [4.69, 9.17) is 16.3 Å². The minimum absolute atomic E-state index is 0.173. The fraction of sp³-hybridized carbons (Fsp3) is 0.375. The average Bonchev–Trinajstić information content (AvgIpc) is 2.54. The van der Waals surface area contributed by atoms with E-state index >= 15 is 0 Å². The van der Waals surface area contributed by atoms with Gasteiger partial charge in [-0.1, -0.05) is 11.6 Å². The number of aliphatic hydroxyl groups is 1. The van der Waals surface area contributed by atoms with Gasteiger partial charge in [-0.15, -0.1) is 0 Å². The van der Waals surface area contributed by atoms with Crippen LogP contribution < -0.4 is 10.1 Å². The van der Waals surface area contributed by atoms with Gasteiger partial charge in [0, 0.05) is 11.1 Å². The maximum Gasteiger partial charge on any atom is 0.187 e. The molecule has 1 aliphatic rings. The molecule has 2 N–H and O–H groups in total. The first-order valence-corrected chi connectivity index (χ1v) is 7.76. The molecule has 1 aliphatic carbocycles. The molecule has 0 bridgehead atoms. The molecule has 0 atom stereocenters. The summed E-state index contributed by atoms with van der Waals surface area (Å²) in [7, 11) is 0. The number of aliphatic hydroxyl groups excluding tert-OH is 1. The summed E-state index contributed by atoms with van der Waals surface area (Å²) in [5, 5.41) is 13.6. The topological polar surface area (TPSA) is 67.3 Å². The SMILES string of the molecule is OC1CCC(Nc2ncncc2Oc2ccc(Cl)cc2)CC1. The van der Waals surface area contributed by atoms with Gasteiger partial charge in [0.15, 0.2) is 11.6 Å². The van der Waals surface area contributed by atoms with Crippen LogP contribution in [0.1, 0.15) is 25.7 Å². The zero-order valence-corrected chi connectivity index (χ0v) is 12.8. The molecule has 0 radical (unpaired) electrons. The van der Waals surface area contributed by atoms with Gasteiger partial charge in [0.25, 0.3) is 0 Å². The maximum atomic E-state index is 9.58. The lowest BCUT2D eigenvalue weighted by molar-refractivity contribution is 0.126. The van der Waals surface area contributed by atoms with E-state index in [1.165, 1.54) is 6.33 Å². The Morgan fingerprint density at radius 3 is 2.59 bits per heavy atom. The molecule has 116 valence electrons. The lowest BCUT2D eigenvalue weighted by Gasteiger charge is -2.27. The van der Waals surface area contributed by atoms with Crippen LogP contribution in [0.25, 0.3) is 0 Å². The molecule has 3 rings (SSSR count). The molecule has 5 nitrogen and oxygen atoms in total. The van der Waals surface area contributed by atoms with Gasteiger partial charge in [0.2, 0.25) is 0 Å². The van der Waals surface area contributed by atoms with Gasteiger partial charge in [-0.3, -0.25) is 0 Å². The predicted octanol–water partition coefficient (Wildman–Crippen LogP) is 3.64. The van der Waals surface area contributed by atoms with Crippen LogP contribution >= 0.6 is 11.6 Å². The van der Waals surface area contributed by atoms with Crippen LogP contribution in [-0.4, -0.2) is 27.2 Å². The summed E-state index contributed by atoms with van der Waals surface area (Å²) in [6.45, 7) is 0. The monoisotopic (exact) mass is 319 g/mol. The number of halogens is 1. The standard InChI is InChI=1S/C16H18ClN3O2/c17-11-1-7-14(8-2-11)22-15-9-18-10-19-16(15)20-12-3-5-13(21)6-4-12/h1-2,7-10,12-13,21H,3-6H2,(H,18,19,20). The minimum atomic E-state index is -0.173. The summed E-state index contributed by atoms with van der Waals surface area (Å²) < 4.78 is 5.83. The van der Waals surface area contributed by atoms with Gasteiger partial charge in [0.05, 0.1) is 12.3 Å². The van der Waals surface area contributed by atoms with Crippen molar-refractivity contribution in [2.24, 2.45) is 0 Å². The van der Waals surface area contributed by atoms with E-state index in [0.717, 1.165) is 25.7 Å². The number of hydrogen-bond acceptors (Lipinski definition) is 5. The number of nitrogens with zero attached hydrogens (tertiary/aromatic N) is 2. The number of rotatable bonds is 4. The second-order valence-electron chi connectivity index (χ2n) is 5.44. The van der Waals surface area contributed by atoms with Crippen molar-refractivity contribution in [1.82, 2.24) is 9.97 Å². The van der Waals surface area contributed by atoms with Crippen molar-refractivity contribution < 1.29 is 9.84 Å². The van der Waals surface area contributed by atoms with E-state index in [-0.39, 0.29) is 6.10 Å². The minimum Gasteiger partial charge on any atom is -0.452 e. The van der Waals surface area contributed by atoms with Crippen LogP contribution in [-0.2, 0) is 0 Å². The summed E-state index contributed by atoms with van der Waals surface area (Å²) in [4.78, 5) is 8.29. The third-order valence-electron chi connectivity index (χ3n) is 3.76. The molecule has 0 spiro atoms. The maximum absolute atomic E-state index is 9.58. The Bertz CT molecular complexity index is 613. The van der Waals surface area contributed by atoms with Gasteiger partial charge >= 0.3 is 0 Å². The first-order chi connectivity index (χ1) is 10.7. The number of aromatic nitrogens is 2. The highest BCUT2D eigenvalue weighted by molar-refractivity contribution is 6.30. The van der Waals surface area contributed by atoms with Crippen LogP contribution in [0, 0.1) is 0 Å². The van der Waals surface area contributed by atoms with Crippen molar-refractivity contribution in [2.45, 2.75) is 37.8 Å². The predicted molar refractivity (Wildman–Crippen MR) is 85.4 cm³/mol. The van der Waals surface area contributed by atoms with Crippen molar-refractivity contribution in [3.05, 3.63) is 41.8 Å². The van der Waals surface area contributed by atoms with Crippen molar-refractivity contribution >= 4 is 17.4 Å². The van der Waals surface area contributed by atoms with Crippen LogP contribution in [0.15, 0.2) is 36.8 Å². The number of ether oxygens (including phenoxy) is 1. The molecular weight excluding hydrogens is 302 g/mol. The molecule has 2 aromatic rings. The number of nitrogens with one attached hydrogen (secondary N) is 1. The molecule has 1 aromatic heterocycles. The molecule has 0 unspecified atom stereocenters. The van der Waals surface area contributed by atoms with E-state index in [0.29, 0.717) is 28.4 Å². The fourth-order valence-electron chi connectivity index (χ4n) is 2.54. The smallest absolute Gasteiger partial charge is 0.187 e. The summed E-state index contributed by atoms with van der Waals surface area (Å²) >= 11 is 5.87. The summed E-state index contributed by atoms with van der Waals surface area (Å²) in [5.41, 5.74) is 0. The highest BCUT2D eigenvalue weighted by Crippen LogP contribution is 2.30. The number of anilines is 1. The first-order valence-electron chi connectivity index (χ1n) is 7.39. The van der Waals surface area contributed by atoms with Gasteiger partial charge in [-0.25, -0.2) is 9.97 Å². The molecule has 22 heavy (non-hydrogen) atoms. The zero-order valence-electron chi connectivity index (χ0n) is 12.1. The molecule has 0 aliphatic heterocycles. The van der Waals surface area contributed by atoms with Crippen LogP contribution in [0.3, 0.4) is 0 Å². The van der Waals surface area contributed by atoms with E-state index in [9.17, 15) is 5.11 Å². The lowest BCUT2D eigenvalue weighted by atomic mass is 9.93. The van der Waals surface area contributed by atoms with E-state index < -0.39 is 0 Å². The molecule has 1 aromatic carbocycles. The van der Waals surface area contributed by atoms with Crippen LogP contribution in [0.4, 0.5) is 5.82 Å². The Hall–Kier alpha value is -1.85. The zero-order chi connectivity index (χ0) is 15.4. The highest BCUT2D eigenvalue weighted by Gasteiger charge is 2.20. The van der Waals surface area contributed by atoms with Crippen molar-refractivity contribution in [3.8, 4) is 11.5 Å². The summed E-state index contributed by atoms with van der Waals surface area (Å²) in [6.07, 6.45) is 6.44. The Kier molecular flexibility index (Phi) is 4.75. The van der Waals surface area contributed by atoms with Crippen molar-refractivity contribution in [2.75, 3.05) is 5.32 Å². The second-order valence-corrected chi connectivity index (χ2v) is 5.88. The van der Waals surface area contributed by atoms with Gasteiger partial charge in [-0.05, 0) is 49.9 Å². The largest absolute Gasteiger partial charge is 0.452 e. The molecular formula is C16H18ClN3O2. The summed E-state index contributed by atoms with van der Waals surface area (Å²) in [5.74, 6) is 1.93. The molecule has 0 saturated heterocycles. The molecule has 1 fully saturated rings. The second kappa shape index (κ2) is 6.94. The Balaban J connectivity index is 1.71. The first kappa shape index (κ1) is 15.1. The fourth-order valence-corrected chi connectivity index (χ4v) is 2.67. The molecule has 0 amide bonds. The number of benzene rings is 1. The normalized spacial score (nSPS) is 21.4. The Morgan fingerprint density at radius 1 is 1.14 bits per heavy atom. The third kappa shape index (κ3) is 3.87. The third-order valence-corrected chi connectivity index (χ3v) is 4.01. The molecule has 6 heteroatoms. The highest BCUT2D eigenvalue weighted by atomic mass is 35.5. The summed E-state index contributed by atoms with van der Waals surface area (Å²) in [6, 6.07) is 7.45. The van der Waals surface area contributed by atoms with E-state index in [2.05, 4.69) is 15.3 Å². The van der Waals surface area contributed by atoms with Gasteiger partial charge < -0.3 is 15.2 Å². The Morgan fingerprint density at radius 2 is 1.86 bits per heavy atom.